The molecule has 0 atom stereocenters. The molecule has 1 N–H and O–H groups in total. The normalized spacial score (nSPS) is 16.2. The zero-order valence-electron chi connectivity index (χ0n) is 12.8. The molecule has 0 aliphatic carbocycles. The molecule has 21 heavy (non-hydrogen) atoms. The molecule has 116 valence electrons. The number of hydrogen-bond acceptors (Lipinski definition) is 4. The highest BCUT2D eigenvalue weighted by Gasteiger charge is 2.19. The number of hydrogen-bond donors (Lipinski definition) is 1. The van der Waals surface area contributed by atoms with Crippen LogP contribution in [-0.4, -0.2) is 65.9 Å². The zero-order valence-corrected chi connectivity index (χ0v) is 13.7. The SMILES string of the molecule is Cc1ccc(SCCN2CCN(C(=O)CO)CC2)cc1C. The van der Waals surface area contributed by atoms with E-state index in [0.29, 0.717) is 0 Å². The van der Waals surface area contributed by atoms with Crippen LogP contribution in [0.1, 0.15) is 11.1 Å². The third kappa shape index (κ3) is 4.73. The maximum atomic E-state index is 11.4. The first-order valence-electron chi connectivity index (χ1n) is 7.41. The van der Waals surface area contributed by atoms with Crippen molar-refractivity contribution < 1.29 is 9.90 Å². The summed E-state index contributed by atoms with van der Waals surface area (Å²) in [5, 5.41) is 8.85. The van der Waals surface area contributed by atoms with Gasteiger partial charge in [0.05, 0.1) is 0 Å². The summed E-state index contributed by atoms with van der Waals surface area (Å²) in [5.41, 5.74) is 2.68. The Morgan fingerprint density at radius 2 is 1.90 bits per heavy atom. The predicted molar refractivity (Wildman–Crippen MR) is 86.7 cm³/mol. The summed E-state index contributed by atoms with van der Waals surface area (Å²) in [5.74, 6) is 0.912. The van der Waals surface area contributed by atoms with Crippen molar-refractivity contribution in [2.24, 2.45) is 0 Å². The quantitative estimate of drug-likeness (QED) is 0.838. The number of benzene rings is 1. The van der Waals surface area contributed by atoms with E-state index in [9.17, 15) is 4.79 Å². The number of nitrogens with zero attached hydrogens (tertiary/aromatic N) is 2. The number of thioether (sulfide) groups is 1. The Balaban J connectivity index is 1.70. The number of piperazine rings is 1. The zero-order chi connectivity index (χ0) is 15.2. The fourth-order valence-corrected chi connectivity index (χ4v) is 3.43. The van der Waals surface area contributed by atoms with Gasteiger partial charge in [0.25, 0.3) is 0 Å². The first-order valence-corrected chi connectivity index (χ1v) is 8.40. The number of carbonyl (C=O) groups is 1. The number of aryl methyl sites for hydroxylation is 2. The third-order valence-corrected chi connectivity index (χ3v) is 4.99. The van der Waals surface area contributed by atoms with Gasteiger partial charge in [0, 0.05) is 43.4 Å². The molecule has 0 unspecified atom stereocenters. The fourth-order valence-electron chi connectivity index (χ4n) is 2.42. The van der Waals surface area contributed by atoms with Gasteiger partial charge in [-0.05, 0) is 37.1 Å². The van der Waals surface area contributed by atoms with Crippen LogP contribution < -0.4 is 0 Å². The van der Waals surface area contributed by atoms with E-state index in [2.05, 4.69) is 36.9 Å². The molecule has 0 aromatic heterocycles. The molecular weight excluding hydrogens is 284 g/mol. The predicted octanol–water partition coefficient (Wildman–Crippen LogP) is 1.53. The number of amides is 1. The van der Waals surface area contributed by atoms with E-state index in [1.54, 1.807) is 4.90 Å². The van der Waals surface area contributed by atoms with Crippen molar-refractivity contribution in [2.75, 3.05) is 45.1 Å². The standard InChI is InChI=1S/C16H24N2O2S/c1-13-3-4-15(11-14(13)2)21-10-9-17-5-7-18(8-6-17)16(20)12-19/h3-4,11,19H,5-10,12H2,1-2H3. The molecule has 1 aromatic rings. The van der Waals surface area contributed by atoms with Crippen molar-refractivity contribution in [3.05, 3.63) is 29.3 Å². The molecule has 4 nitrogen and oxygen atoms in total. The summed E-state index contributed by atoms with van der Waals surface area (Å²) < 4.78 is 0. The summed E-state index contributed by atoms with van der Waals surface area (Å²) in [6, 6.07) is 6.61. The average molecular weight is 308 g/mol. The van der Waals surface area contributed by atoms with Crippen molar-refractivity contribution in [2.45, 2.75) is 18.7 Å². The molecule has 5 heteroatoms. The second-order valence-corrected chi connectivity index (χ2v) is 6.64. The summed E-state index contributed by atoms with van der Waals surface area (Å²) in [4.78, 5) is 16.8. The lowest BCUT2D eigenvalue weighted by molar-refractivity contribution is -0.135. The summed E-state index contributed by atoms with van der Waals surface area (Å²) in [6.45, 7) is 8.22. The second kappa shape index (κ2) is 7.82. The van der Waals surface area contributed by atoms with E-state index in [4.69, 9.17) is 5.11 Å². The van der Waals surface area contributed by atoms with Crippen molar-refractivity contribution in [1.82, 2.24) is 9.80 Å². The van der Waals surface area contributed by atoms with Crippen LogP contribution in [0.2, 0.25) is 0 Å². The Bertz CT molecular complexity index is 485. The first kappa shape index (κ1) is 16.3. The van der Waals surface area contributed by atoms with Crippen LogP contribution in [0, 0.1) is 13.8 Å². The van der Waals surface area contributed by atoms with E-state index in [-0.39, 0.29) is 12.5 Å². The van der Waals surface area contributed by atoms with Gasteiger partial charge in [0.15, 0.2) is 0 Å². The molecule has 0 saturated carbocycles. The van der Waals surface area contributed by atoms with Crippen LogP contribution in [0.25, 0.3) is 0 Å². The molecule has 1 heterocycles. The van der Waals surface area contributed by atoms with Crippen LogP contribution in [-0.2, 0) is 4.79 Å². The topological polar surface area (TPSA) is 43.8 Å². The molecule has 1 fully saturated rings. The smallest absolute Gasteiger partial charge is 0.248 e. The largest absolute Gasteiger partial charge is 0.387 e. The fraction of sp³-hybridized carbons (Fsp3) is 0.562. The monoisotopic (exact) mass is 308 g/mol. The van der Waals surface area contributed by atoms with Gasteiger partial charge in [-0.25, -0.2) is 0 Å². The summed E-state index contributed by atoms with van der Waals surface area (Å²) in [6.07, 6.45) is 0. The second-order valence-electron chi connectivity index (χ2n) is 5.48. The van der Waals surface area contributed by atoms with E-state index in [1.807, 2.05) is 11.8 Å². The van der Waals surface area contributed by atoms with Crippen LogP contribution in [0.3, 0.4) is 0 Å². The van der Waals surface area contributed by atoms with E-state index >= 15 is 0 Å². The highest BCUT2D eigenvalue weighted by atomic mass is 32.2. The molecule has 0 radical (unpaired) electrons. The van der Waals surface area contributed by atoms with Crippen LogP contribution >= 0.6 is 11.8 Å². The van der Waals surface area contributed by atoms with Gasteiger partial charge in [0.1, 0.15) is 6.61 Å². The number of rotatable bonds is 5. The van der Waals surface area contributed by atoms with E-state index < -0.39 is 0 Å². The Kier molecular flexibility index (Phi) is 6.08. The van der Waals surface area contributed by atoms with Crippen molar-refractivity contribution in [3.8, 4) is 0 Å². The maximum Gasteiger partial charge on any atom is 0.248 e. The van der Waals surface area contributed by atoms with Gasteiger partial charge in [-0.1, -0.05) is 6.07 Å². The number of aliphatic hydroxyl groups is 1. The summed E-state index contributed by atoms with van der Waals surface area (Å²) in [7, 11) is 0. The maximum absolute atomic E-state index is 11.4. The van der Waals surface area contributed by atoms with Crippen LogP contribution in [0.15, 0.2) is 23.1 Å². The van der Waals surface area contributed by atoms with Gasteiger partial charge in [-0.2, -0.15) is 0 Å². The highest BCUT2D eigenvalue weighted by molar-refractivity contribution is 7.99. The third-order valence-electron chi connectivity index (χ3n) is 4.01. The lowest BCUT2D eigenvalue weighted by atomic mass is 10.1. The minimum absolute atomic E-state index is 0.154. The van der Waals surface area contributed by atoms with Gasteiger partial charge in [0.2, 0.25) is 5.91 Å². The van der Waals surface area contributed by atoms with Crippen molar-refractivity contribution in [3.63, 3.8) is 0 Å². The molecular formula is C16H24N2O2S. The Morgan fingerprint density at radius 3 is 2.52 bits per heavy atom. The van der Waals surface area contributed by atoms with Crippen molar-refractivity contribution in [1.29, 1.82) is 0 Å². The minimum Gasteiger partial charge on any atom is -0.387 e. The summed E-state index contributed by atoms with van der Waals surface area (Å²) >= 11 is 1.89. The number of aliphatic hydroxyl groups excluding tert-OH is 1. The average Bonchev–Trinajstić information content (AvgIpc) is 2.51. The van der Waals surface area contributed by atoms with Gasteiger partial charge >= 0.3 is 0 Å². The van der Waals surface area contributed by atoms with Crippen LogP contribution in [0.5, 0.6) is 0 Å². The van der Waals surface area contributed by atoms with Crippen molar-refractivity contribution >= 4 is 17.7 Å². The van der Waals surface area contributed by atoms with Gasteiger partial charge in [-0.15, -0.1) is 11.8 Å². The Hall–Kier alpha value is -1.04. The molecule has 0 bridgehead atoms. The molecule has 1 amide bonds. The number of carbonyl (C=O) groups excluding carboxylic acids is 1. The molecule has 0 spiro atoms. The first-order chi connectivity index (χ1) is 10.1. The molecule has 1 aromatic carbocycles. The lowest BCUT2D eigenvalue weighted by Crippen LogP contribution is -2.49. The van der Waals surface area contributed by atoms with E-state index in [1.165, 1.54) is 16.0 Å². The molecule has 2 rings (SSSR count). The van der Waals surface area contributed by atoms with E-state index in [0.717, 1.165) is 38.5 Å². The van der Waals surface area contributed by atoms with Gasteiger partial charge in [-0.3, -0.25) is 9.69 Å². The van der Waals surface area contributed by atoms with Crippen LogP contribution in [0.4, 0.5) is 0 Å². The van der Waals surface area contributed by atoms with Gasteiger partial charge < -0.3 is 10.0 Å². The Labute approximate surface area is 131 Å². The highest BCUT2D eigenvalue weighted by Crippen LogP contribution is 2.21. The molecule has 1 aliphatic heterocycles. The lowest BCUT2D eigenvalue weighted by Gasteiger charge is -2.34. The minimum atomic E-state index is -0.372. The molecule has 1 saturated heterocycles. The Morgan fingerprint density at radius 1 is 1.19 bits per heavy atom. The molecule has 1 aliphatic rings.